The van der Waals surface area contributed by atoms with Crippen LogP contribution in [0.15, 0.2) is 36.7 Å². The molecule has 1 aliphatic carbocycles. The van der Waals surface area contributed by atoms with E-state index < -0.39 is 0 Å². The molecule has 6 nitrogen and oxygen atoms in total. The molecule has 1 aromatic heterocycles. The van der Waals surface area contributed by atoms with E-state index >= 15 is 0 Å². The van der Waals surface area contributed by atoms with Gasteiger partial charge in [-0.05, 0) is 25.0 Å². The molecule has 1 saturated carbocycles. The van der Waals surface area contributed by atoms with Crippen LogP contribution in [-0.2, 0) is 4.79 Å². The van der Waals surface area contributed by atoms with Gasteiger partial charge in [0.25, 0.3) is 0 Å². The highest BCUT2D eigenvalue weighted by Crippen LogP contribution is 2.27. The topological polar surface area (TPSA) is 50.6 Å². The van der Waals surface area contributed by atoms with Crippen molar-refractivity contribution in [3.8, 4) is 11.4 Å². The van der Waals surface area contributed by atoms with Gasteiger partial charge in [0.05, 0.1) is 12.8 Å². The molecule has 1 aromatic carbocycles. The van der Waals surface area contributed by atoms with E-state index in [9.17, 15) is 4.79 Å². The lowest BCUT2D eigenvalue weighted by molar-refractivity contribution is -0.136. The molecule has 0 unspecified atom stereocenters. The second kappa shape index (κ2) is 8.03. The van der Waals surface area contributed by atoms with Gasteiger partial charge in [-0.2, -0.15) is 0 Å². The number of rotatable bonds is 4. The number of carbonyl (C=O) groups is 1. The first kappa shape index (κ1) is 17.9. The number of anilines is 1. The summed E-state index contributed by atoms with van der Waals surface area (Å²) in [5.41, 5.74) is 1.03. The average Bonchev–Trinajstić information content (AvgIpc) is 3.24. The van der Waals surface area contributed by atoms with Crippen molar-refractivity contribution in [3.63, 3.8) is 0 Å². The number of aromatic nitrogens is 2. The van der Waals surface area contributed by atoms with Gasteiger partial charge in [-0.15, -0.1) is 0 Å². The molecule has 2 aromatic rings. The van der Waals surface area contributed by atoms with E-state index in [0.29, 0.717) is 5.91 Å². The van der Waals surface area contributed by atoms with Gasteiger partial charge in [-0.3, -0.25) is 9.36 Å². The van der Waals surface area contributed by atoms with Crippen molar-refractivity contribution in [1.82, 2.24) is 14.5 Å². The molecule has 0 radical (unpaired) electrons. The number of amides is 1. The smallest absolute Gasteiger partial charge is 0.225 e. The first-order valence-electron chi connectivity index (χ1n) is 9.98. The average molecular weight is 368 g/mol. The summed E-state index contributed by atoms with van der Waals surface area (Å²) in [7, 11) is 1.68. The molecule has 0 atom stereocenters. The van der Waals surface area contributed by atoms with Crippen molar-refractivity contribution in [2.75, 3.05) is 38.2 Å². The molecule has 27 heavy (non-hydrogen) atoms. The van der Waals surface area contributed by atoms with Gasteiger partial charge in [-0.25, -0.2) is 4.98 Å². The fourth-order valence-electron chi connectivity index (χ4n) is 4.23. The SMILES string of the molecule is COc1cccc(-n2ccnc2N2CCN(C(=O)C3CCCCC3)CC2)c1. The Hall–Kier alpha value is -2.50. The van der Waals surface area contributed by atoms with E-state index in [0.717, 1.165) is 56.4 Å². The van der Waals surface area contributed by atoms with Crippen molar-refractivity contribution >= 4 is 11.9 Å². The number of hydrogen-bond acceptors (Lipinski definition) is 4. The Morgan fingerprint density at radius 2 is 1.89 bits per heavy atom. The third-order valence-electron chi connectivity index (χ3n) is 5.78. The van der Waals surface area contributed by atoms with Crippen LogP contribution >= 0.6 is 0 Å². The van der Waals surface area contributed by atoms with Crippen LogP contribution in [0.2, 0.25) is 0 Å². The van der Waals surface area contributed by atoms with Crippen LogP contribution in [0.5, 0.6) is 5.75 Å². The van der Waals surface area contributed by atoms with Gasteiger partial charge in [0.15, 0.2) is 0 Å². The molecule has 0 spiro atoms. The summed E-state index contributed by atoms with van der Waals surface area (Å²) < 4.78 is 7.43. The summed E-state index contributed by atoms with van der Waals surface area (Å²) in [6.07, 6.45) is 9.63. The summed E-state index contributed by atoms with van der Waals surface area (Å²) >= 11 is 0. The zero-order valence-electron chi connectivity index (χ0n) is 16.0. The maximum Gasteiger partial charge on any atom is 0.225 e. The van der Waals surface area contributed by atoms with Gasteiger partial charge >= 0.3 is 0 Å². The third-order valence-corrected chi connectivity index (χ3v) is 5.78. The maximum absolute atomic E-state index is 12.8. The van der Waals surface area contributed by atoms with E-state index in [1.54, 1.807) is 7.11 Å². The minimum absolute atomic E-state index is 0.254. The highest BCUT2D eigenvalue weighted by Gasteiger charge is 2.29. The molecule has 0 N–H and O–H groups in total. The third kappa shape index (κ3) is 3.80. The lowest BCUT2D eigenvalue weighted by Crippen LogP contribution is -2.51. The molecule has 1 aliphatic heterocycles. The minimum atomic E-state index is 0.254. The Morgan fingerprint density at radius 3 is 2.63 bits per heavy atom. The van der Waals surface area contributed by atoms with Crippen molar-refractivity contribution < 1.29 is 9.53 Å². The first-order chi connectivity index (χ1) is 13.3. The van der Waals surface area contributed by atoms with Crippen molar-refractivity contribution in [3.05, 3.63) is 36.7 Å². The molecule has 2 aliphatic rings. The van der Waals surface area contributed by atoms with Gasteiger partial charge in [-0.1, -0.05) is 25.3 Å². The number of imidazole rings is 1. The molecule has 1 saturated heterocycles. The summed E-state index contributed by atoms with van der Waals surface area (Å²) in [5.74, 6) is 2.37. The summed E-state index contributed by atoms with van der Waals surface area (Å²) in [6.45, 7) is 3.19. The zero-order chi connectivity index (χ0) is 18.6. The highest BCUT2D eigenvalue weighted by molar-refractivity contribution is 5.79. The Morgan fingerprint density at radius 1 is 1.11 bits per heavy atom. The molecule has 6 heteroatoms. The summed E-state index contributed by atoms with van der Waals surface area (Å²) in [5, 5.41) is 0. The Kier molecular flexibility index (Phi) is 5.32. The van der Waals surface area contributed by atoms with Crippen molar-refractivity contribution in [2.24, 2.45) is 5.92 Å². The van der Waals surface area contributed by atoms with Crippen LogP contribution < -0.4 is 9.64 Å². The van der Waals surface area contributed by atoms with Crippen LogP contribution in [0, 0.1) is 5.92 Å². The first-order valence-corrected chi connectivity index (χ1v) is 9.98. The second-order valence-electron chi connectivity index (χ2n) is 7.45. The van der Waals surface area contributed by atoms with E-state index in [1.807, 2.05) is 30.6 Å². The predicted octanol–water partition coefficient (Wildman–Crippen LogP) is 3.11. The van der Waals surface area contributed by atoms with E-state index in [4.69, 9.17) is 4.74 Å². The van der Waals surface area contributed by atoms with Crippen LogP contribution in [0.3, 0.4) is 0 Å². The van der Waals surface area contributed by atoms with Gasteiger partial charge < -0.3 is 14.5 Å². The molecule has 0 bridgehead atoms. The monoisotopic (exact) mass is 368 g/mol. The zero-order valence-corrected chi connectivity index (χ0v) is 16.0. The van der Waals surface area contributed by atoms with Crippen LogP contribution in [-0.4, -0.2) is 53.6 Å². The largest absolute Gasteiger partial charge is 0.497 e. The number of carbonyl (C=O) groups excluding carboxylic acids is 1. The minimum Gasteiger partial charge on any atom is -0.497 e. The van der Waals surface area contributed by atoms with E-state index in [-0.39, 0.29) is 5.92 Å². The Bertz CT molecular complexity index is 774. The van der Waals surface area contributed by atoms with Gasteiger partial charge in [0, 0.05) is 50.6 Å². The molecule has 1 amide bonds. The molecular weight excluding hydrogens is 340 g/mol. The molecule has 2 fully saturated rings. The molecule has 2 heterocycles. The van der Waals surface area contributed by atoms with E-state index in [1.165, 1.54) is 19.3 Å². The standard InChI is InChI=1S/C21H28N4O2/c1-27-19-9-5-8-18(16-19)25-11-10-22-21(25)24-14-12-23(13-15-24)20(26)17-6-3-2-4-7-17/h5,8-11,16-17H,2-4,6-7,12-15H2,1H3. The highest BCUT2D eigenvalue weighted by atomic mass is 16.5. The lowest BCUT2D eigenvalue weighted by Gasteiger charge is -2.37. The van der Waals surface area contributed by atoms with Gasteiger partial charge in [0.1, 0.15) is 5.75 Å². The number of methoxy groups -OCH3 is 1. The normalized spacial score (nSPS) is 18.6. The summed E-state index contributed by atoms with van der Waals surface area (Å²) in [6, 6.07) is 7.99. The fourth-order valence-corrected chi connectivity index (χ4v) is 4.23. The Labute approximate surface area is 160 Å². The number of piperazine rings is 1. The summed E-state index contributed by atoms with van der Waals surface area (Å²) in [4.78, 5) is 21.7. The Balaban J connectivity index is 1.43. The second-order valence-corrected chi connectivity index (χ2v) is 7.45. The predicted molar refractivity (Wildman–Crippen MR) is 105 cm³/mol. The van der Waals surface area contributed by atoms with Crippen molar-refractivity contribution in [1.29, 1.82) is 0 Å². The fraction of sp³-hybridized carbons (Fsp3) is 0.524. The number of nitrogens with zero attached hydrogens (tertiary/aromatic N) is 4. The van der Waals surface area contributed by atoms with Crippen LogP contribution in [0.25, 0.3) is 5.69 Å². The molecule has 144 valence electrons. The van der Waals surface area contributed by atoms with Crippen LogP contribution in [0.1, 0.15) is 32.1 Å². The molecule has 4 rings (SSSR count). The van der Waals surface area contributed by atoms with Crippen molar-refractivity contribution in [2.45, 2.75) is 32.1 Å². The van der Waals surface area contributed by atoms with Gasteiger partial charge in [0.2, 0.25) is 11.9 Å². The maximum atomic E-state index is 12.8. The quantitative estimate of drug-likeness (QED) is 0.832. The number of benzene rings is 1. The number of ether oxygens (including phenoxy) is 1. The number of hydrogen-bond donors (Lipinski definition) is 0. The molecular formula is C21H28N4O2. The van der Waals surface area contributed by atoms with Crippen LogP contribution in [0.4, 0.5) is 5.95 Å². The lowest BCUT2D eigenvalue weighted by atomic mass is 9.88. The van der Waals surface area contributed by atoms with E-state index in [2.05, 4.69) is 25.4 Å².